The van der Waals surface area contributed by atoms with Crippen LogP contribution in [-0.2, 0) is 0 Å². The number of aryl methyl sites for hydroxylation is 1. The monoisotopic (exact) mass is 280 g/mol. The van der Waals surface area contributed by atoms with E-state index in [1.54, 1.807) is 12.1 Å². The number of rotatable bonds is 5. The standard InChI is InChI=1S/C14H20N2O2S/c1-3-19-14-6-4-5-13(14)15-12-8-7-11(16(17)18)9-10(12)2/h7-9,13-15H,3-6H2,1-2H3. The van der Waals surface area contributed by atoms with Gasteiger partial charge in [-0.1, -0.05) is 13.3 Å². The Labute approximate surface area is 118 Å². The van der Waals surface area contributed by atoms with E-state index in [4.69, 9.17) is 0 Å². The molecule has 104 valence electrons. The molecule has 4 nitrogen and oxygen atoms in total. The minimum absolute atomic E-state index is 0.161. The van der Waals surface area contributed by atoms with Crippen LogP contribution in [0.5, 0.6) is 0 Å². The van der Waals surface area contributed by atoms with Crippen LogP contribution in [0, 0.1) is 17.0 Å². The summed E-state index contributed by atoms with van der Waals surface area (Å²) in [7, 11) is 0. The molecule has 0 bridgehead atoms. The van der Waals surface area contributed by atoms with Gasteiger partial charge in [-0.2, -0.15) is 11.8 Å². The molecule has 1 aromatic carbocycles. The van der Waals surface area contributed by atoms with Crippen LogP contribution in [0.1, 0.15) is 31.7 Å². The number of benzene rings is 1. The van der Waals surface area contributed by atoms with Crippen LogP contribution < -0.4 is 5.32 Å². The fourth-order valence-corrected chi connectivity index (χ4v) is 3.83. The summed E-state index contributed by atoms with van der Waals surface area (Å²) in [4.78, 5) is 10.4. The van der Waals surface area contributed by atoms with Crippen molar-refractivity contribution in [2.24, 2.45) is 0 Å². The van der Waals surface area contributed by atoms with Gasteiger partial charge >= 0.3 is 0 Å². The molecule has 1 aliphatic rings. The number of nitro groups is 1. The van der Waals surface area contributed by atoms with Crippen molar-refractivity contribution in [3.05, 3.63) is 33.9 Å². The molecule has 0 saturated heterocycles. The Morgan fingerprint density at radius 2 is 2.26 bits per heavy atom. The average Bonchev–Trinajstić information content (AvgIpc) is 2.79. The molecule has 0 radical (unpaired) electrons. The van der Waals surface area contributed by atoms with Crippen molar-refractivity contribution < 1.29 is 4.92 Å². The van der Waals surface area contributed by atoms with E-state index in [2.05, 4.69) is 12.2 Å². The molecule has 0 amide bonds. The summed E-state index contributed by atoms with van der Waals surface area (Å²) in [5, 5.41) is 15.0. The highest BCUT2D eigenvalue weighted by Gasteiger charge is 2.27. The minimum Gasteiger partial charge on any atom is -0.381 e. The molecule has 1 aromatic rings. The van der Waals surface area contributed by atoms with Crippen LogP contribution in [0.2, 0.25) is 0 Å². The van der Waals surface area contributed by atoms with Crippen molar-refractivity contribution in [2.45, 2.75) is 44.4 Å². The lowest BCUT2D eigenvalue weighted by Crippen LogP contribution is -2.26. The molecule has 2 atom stereocenters. The van der Waals surface area contributed by atoms with Gasteiger partial charge in [0.1, 0.15) is 0 Å². The van der Waals surface area contributed by atoms with Gasteiger partial charge in [-0.05, 0) is 37.1 Å². The topological polar surface area (TPSA) is 55.2 Å². The summed E-state index contributed by atoms with van der Waals surface area (Å²) in [5.41, 5.74) is 2.13. The first-order valence-corrected chi connectivity index (χ1v) is 7.80. The number of nitrogens with zero attached hydrogens (tertiary/aromatic N) is 1. The second kappa shape index (κ2) is 6.28. The van der Waals surface area contributed by atoms with Crippen molar-refractivity contribution in [1.29, 1.82) is 0 Å². The summed E-state index contributed by atoms with van der Waals surface area (Å²) in [6.07, 6.45) is 3.72. The molecule has 5 heteroatoms. The molecule has 1 fully saturated rings. The lowest BCUT2D eigenvalue weighted by Gasteiger charge is -2.22. The fourth-order valence-electron chi connectivity index (χ4n) is 2.63. The van der Waals surface area contributed by atoms with Crippen LogP contribution in [0.4, 0.5) is 11.4 Å². The third kappa shape index (κ3) is 3.41. The Kier molecular flexibility index (Phi) is 4.69. The summed E-state index contributed by atoms with van der Waals surface area (Å²) in [5.74, 6) is 1.14. The molecule has 0 aliphatic heterocycles. The van der Waals surface area contributed by atoms with Crippen molar-refractivity contribution >= 4 is 23.1 Å². The predicted octanol–water partition coefficient (Wildman–Crippen LogP) is 3.99. The molecular formula is C14H20N2O2S. The summed E-state index contributed by atoms with van der Waals surface area (Å²) in [6, 6.07) is 5.54. The van der Waals surface area contributed by atoms with Gasteiger partial charge in [0.25, 0.3) is 5.69 Å². The Morgan fingerprint density at radius 3 is 2.89 bits per heavy atom. The Hall–Kier alpha value is -1.23. The number of nitrogens with one attached hydrogen (secondary N) is 1. The molecule has 2 rings (SSSR count). The SMILES string of the molecule is CCSC1CCCC1Nc1ccc([N+](=O)[O-])cc1C. The van der Waals surface area contributed by atoms with Crippen molar-refractivity contribution in [3.8, 4) is 0 Å². The van der Waals surface area contributed by atoms with E-state index < -0.39 is 0 Å². The zero-order valence-electron chi connectivity index (χ0n) is 11.4. The molecular weight excluding hydrogens is 260 g/mol. The summed E-state index contributed by atoms with van der Waals surface area (Å²) < 4.78 is 0. The molecule has 1 aliphatic carbocycles. The van der Waals surface area contributed by atoms with Crippen LogP contribution >= 0.6 is 11.8 Å². The highest BCUT2D eigenvalue weighted by atomic mass is 32.2. The van der Waals surface area contributed by atoms with Gasteiger partial charge in [0, 0.05) is 29.1 Å². The lowest BCUT2D eigenvalue weighted by atomic mass is 10.1. The van der Waals surface area contributed by atoms with E-state index in [0.717, 1.165) is 17.0 Å². The van der Waals surface area contributed by atoms with Gasteiger partial charge in [0.05, 0.1) is 4.92 Å². The lowest BCUT2D eigenvalue weighted by molar-refractivity contribution is -0.384. The number of thioether (sulfide) groups is 1. The van der Waals surface area contributed by atoms with Crippen molar-refractivity contribution in [2.75, 3.05) is 11.1 Å². The number of non-ortho nitro benzene ring substituents is 1. The zero-order valence-corrected chi connectivity index (χ0v) is 12.2. The molecule has 0 heterocycles. The Bertz CT molecular complexity index is 465. The minimum atomic E-state index is -0.345. The van der Waals surface area contributed by atoms with Gasteiger partial charge in [0.15, 0.2) is 0 Å². The Balaban J connectivity index is 2.08. The van der Waals surface area contributed by atoms with E-state index in [1.807, 2.05) is 24.8 Å². The second-order valence-corrected chi connectivity index (χ2v) is 6.45. The first kappa shape index (κ1) is 14.2. The number of nitro benzene ring substituents is 1. The summed E-state index contributed by atoms with van der Waals surface area (Å²) >= 11 is 2.01. The molecule has 2 unspecified atom stereocenters. The van der Waals surface area contributed by atoms with Crippen LogP contribution in [-0.4, -0.2) is 22.0 Å². The van der Waals surface area contributed by atoms with Gasteiger partial charge in [0.2, 0.25) is 0 Å². The van der Waals surface area contributed by atoms with E-state index in [1.165, 1.54) is 19.3 Å². The van der Waals surface area contributed by atoms with E-state index in [-0.39, 0.29) is 10.6 Å². The van der Waals surface area contributed by atoms with Crippen LogP contribution in [0.15, 0.2) is 18.2 Å². The molecule has 0 spiro atoms. The Morgan fingerprint density at radius 1 is 1.47 bits per heavy atom. The van der Waals surface area contributed by atoms with Gasteiger partial charge < -0.3 is 5.32 Å². The molecule has 0 aromatic heterocycles. The highest BCUT2D eigenvalue weighted by Crippen LogP contribution is 2.33. The van der Waals surface area contributed by atoms with Crippen LogP contribution in [0.25, 0.3) is 0 Å². The highest BCUT2D eigenvalue weighted by molar-refractivity contribution is 7.99. The van der Waals surface area contributed by atoms with Crippen molar-refractivity contribution in [3.63, 3.8) is 0 Å². The normalized spacial score (nSPS) is 22.4. The summed E-state index contributed by atoms with van der Waals surface area (Å²) in [6.45, 7) is 4.11. The zero-order chi connectivity index (χ0) is 13.8. The molecule has 1 saturated carbocycles. The van der Waals surface area contributed by atoms with Crippen molar-refractivity contribution in [1.82, 2.24) is 0 Å². The number of hydrogen-bond donors (Lipinski definition) is 1. The van der Waals surface area contributed by atoms with E-state index in [9.17, 15) is 10.1 Å². The number of hydrogen-bond acceptors (Lipinski definition) is 4. The third-order valence-electron chi connectivity index (χ3n) is 3.60. The average molecular weight is 280 g/mol. The quantitative estimate of drug-likeness (QED) is 0.654. The largest absolute Gasteiger partial charge is 0.381 e. The molecule has 19 heavy (non-hydrogen) atoms. The maximum absolute atomic E-state index is 10.7. The maximum Gasteiger partial charge on any atom is 0.269 e. The third-order valence-corrected chi connectivity index (χ3v) is 4.92. The van der Waals surface area contributed by atoms with Gasteiger partial charge in [-0.25, -0.2) is 0 Å². The van der Waals surface area contributed by atoms with Gasteiger partial charge in [-0.3, -0.25) is 10.1 Å². The van der Waals surface area contributed by atoms with Crippen LogP contribution in [0.3, 0.4) is 0 Å². The smallest absolute Gasteiger partial charge is 0.269 e. The number of anilines is 1. The molecule has 1 N–H and O–H groups in total. The fraction of sp³-hybridized carbons (Fsp3) is 0.571. The van der Waals surface area contributed by atoms with E-state index >= 15 is 0 Å². The first-order chi connectivity index (χ1) is 9.11. The maximum atomic E-state index is 10.7. The second-order valence-electron chi connectivity index (χ2n) is 4.93. The first-order valence-electron chi connectivity index (χ1n) is 6.75. The van der Waals surface area contributed by atoms with E-state index in [0.29, 0.717) is 11.3 Å². The predicted molar refractivity (Wildman–Crippen MR) is 81.0 cm³/mol. The van der Waals surface area contributed by atoms with Gasteiger partial charge in [-0.15, -0.1) is 0 Å².